The van der Waals surface area contributed by atoms with Crippen LogP contribution in [0.5, 0.6) is 0 Å². The molecule has 2 N–H and O–H groups in total. The highest BCUT2D eigenvalue weighted by molar-refractivity contribution is 5.20. The van der Waals surface area contributed by atoms with Crippen molar-refractivity contribution < 1.29 is 10.2 Å². The van der Waals surface area contributed by atoms with E-state index in [1.165, 1.54) is 51.4 Å². The molecule has 0 aromatic heterocycles. The van der Waals surface area contributed by atoms with Crippen LogP contribution in [0.4, 0.5) is 0 Å². The molecule has 0 saturated heterocycles. The van der Waals surface area contributed by atoms with E-state index in [9.17, 15) is 10.2 Å². The summed E-state index contributed by atoms with van der Waals surface area (Å²) in [7, 11) is 0. The van der Waals surface area contributed by atoms with Crippen LogP contribution in [-0.2, 0) is 0 Å². The summed E-state index contributed by atoms with van der Waals surface area (Å²) in [4.78, 5) is 0. The van der Waals surface area contributed by atoms with Gasteiger partial charge in [-0.3, -0.25) is 0 Å². The molecule has 0 aliphatic heterocycles. The molecule has 8 fully saturated rings. The summed E-state index contributed by atoms with van der Waals surface area (Å²) >= 11 is 0. The number of aliphatic hydroxyl groups is 2. The SMILES string of the molecule is OC1C2CC3CC(C2)CC1(C12CC4CC(CC(O)(C4)C1)C2)C3. The van der Waals surface area contributed by atoms with Crippen LogP contribution in [0.15, 0.2) is 0 Å². The van der Waals surface area contributed by atoms with Gasteiger partial charge >= 0.3 is 0 Å². The lowest BCUT2D eigenvalue weighted by Crippen LogP contribution is -2.69. The van der Waals surface area contributed by atoms with Crippen LogP contribution in [0.2, 0.25) is 0 Å². The maximum atomic E-state index is 11.3. The summed E-state index contributed by atoms with van der Waals surface area (Å²) in [5, 5.41) is 22.5. The minimum absolute atomic E-state index is 0.0554. The second kappa shape index (κ2) is 3.77. The quantitative estimate of drug-likeness (QED) is 0.778. The molecule has 0 heterocycles. The molecule has 22 heavy (non-hydrogen) atoms. The maximum Gasteiger partial charge on any atom is 0.0658 e. The molecule has 0 radical (unpaired) electrons. The topological polar surface area (TPSA) is 40.5 Å². The average Bonchev–Trinajstić information content (AvgIpc) is 2.40. The fourth-order valence-corrected chi connectivity index (χ4v) is 9.56. The minimum Gasteiger partial charge on any atom is -0.392 e. The average molecular weight is 302 g/mol. The van der Waals surface area contributed by atoms with Gasteiger partial charge in [0.05, 0.1) is 11.7 Å². The number of hydrogen-bond donors (Lipinski definition) is 2. The summed E-state index contributed by atoms with van der Waals surface area (Å²) in [5.74, 6) is 3.89. The van der Waals surface area contributed by atoms with Crippen molar-refractivity contribution in [1.29, 1.82) is 0 Å². The first-order valence-corrected chi connectivity index (χ1v) is 9.90. The third kappa shape index (κ3) is 1.42. The second-order valence-corrected chi connectivity index (χ2v) is 10.7. The zero-order chi connectivity index (χ0) is 14.7. The Hall–Kier alpha value is -0.0800. The maximum absolute atomic E-state index is 11.3. The van der Waals surface area contributed by atoms with Gasteiger partial charge in [-0.1, -0.05) is 0 Å². The predicted octanol–water partition coefficient (Wildman–Crippen LogP) is 3.50. The zero-order valence-corrected chi connectivity index (χ0v) is 13.6. The van der Waals surface area contributed by atoms with Crippen molar-refractivity contribution in [2.45, 2.75) is 82.3 Å². The lowest BCUT2D eigenvalue weighted by atomic mass is 9.33. The summed E-state index contributed by atoms with van der Waals surface area (Å²) in [6, 6.07) is 0. The van der Waals surface area contributed by atoms with Crippen LogP contribution in [0, 0.1) is 40.4 Å². The Morgan fingerprint density at radius 1 is 0.682 bits per heavy atom. The van der Waals surface area contributed by atoms with Crippen molar-refractivity contribution in [3.63, 3.8) is 0 Å². The Morgan fingerprint density at radius 3 is 1.86 bits per heavy atom. The van der Waals surface area contributed by atoms with Gasteiger partial charge in [0, 0.05) is 5.41 Å². The van der Waals surface area contributed by atoms with Gasteiger partial charge in [-0.2, -0.15) is 0 Å². The summed E-state index contributed by atoms with van der Waals surface area (Å²) in [5.41, 5.74) is 0.113. The molecule has 0 amide bonds. The van der Waals surface area contributed by atoms with E-state index in [-0.39, 0.29) is 17.1 Å². The molecule has 8 saturated carbocycles. The van der Waals surface area contributed by atoms with Crippen LogP contribution in [-0.4, -0.2) is 21.9 Å². The van der Waals surface area contributed by atoms with Crippen molar-refractivity contribution in [2.75, 3.05) is 0 Å². The number of hydrogen-bond acceptors (Lipinski definition) is 2. The van der Waals surface area contributed by atoms with Crippen molar-refractivity contribution in [2.24, 2.45) is 40.4 Å². The Labute approximate surface area is 133 Å². The predicted molar refractivity (Wildman–Crippen MR) is 84.1 cm³/mol. The standard InChI is InChI=1S/C20H30O2/c21-17-16-3-12-1-13(4-16)10-20(17,9-12)18-5-14-2-15(6-18)8-19(22,7-14)11-18/h12-17,21-22H,1-11H2. The van der Waals surface area contributed by atoms with Crippen molar-refractivity contribution in [1.82, 2.24) is 0 Å². The highest BCUT2D eigenvalue weighted by Gasteiger charge is 2.70. The van der Waals surface area contributed by atoms with Crippen LogP contribution in [0.25, 0.3) is 0 Å². The van der Waals surface area contributed by atoms with Crippen LogP contribution < -0.4 is 0 Å². The highest BCUT2D eigenvalue weighted by atomic mass is 16.3. The van der Waals surface area contributed by atoms with E-state index < -0.39 is 0 Å². The molecule has 0 spiro atoms. The Balaban J connectivity index is 1.48. The lowest BCUT2D eigenvalue weighted by Gasteiger charge is -2.72. The van der Waals surface area contributed by atoms with Gasteiger partial charge in [0.15, 0.2) is 0 Å². The third-order valence-corrected chi connectivity index (χ3v) is 9.34. The zero-order valence-electron chi connectivity index (χ0n) is 13.6. The van der Waals surface area contributed by atoms with Gasteiger partial charge < -0.3 is 10.2 Å². The van der Waals surface area contributed by atoms with E-state index in [1.54, 1.807) is 0 Å². The van der Waals surface area contributed by atoms with Crippen LogP contribution >= 0.6 is 0 Å². The molecule has 5 unspecified atom stereocenters. The number of rotatable bonds is 1. The summed E-state index contributed by atoms with van der Waals surface area (Å²) < 4.78 is 0. The molecule has 2 heteroatoms. The normalized spacial score (nSPS) is 67.9. The third-order valence-electron chi connectivity index (χ3n) is 9.34. The van der Waals surface area contributed by atoms with Crippen LogP contribution in [0.1, 0.15) is 70.6 Å². The fourth-order valence-electron chi connectivity index (χ4n) is 9.56. The lowest BCUT2D eigenvalue weighted by molar-refractivity contribution is -0.276. The Bertz CT molecular complexity index is 498. The smallest absolute Gasteiger partial charge is 0.0658 e. The highest BCUT2D eigenvalue weighted by Crippen LogP contribution is 2.75. The fraction of sp³-hybridized carbons (Fsp3) is 1.00. The Kier molecular flexibility index (Phi) is 2.27. The molecule has 0 aromatic carbocycles. The van der Waals surface area contributed by atoms with Crippen LogP contribution in [0.3, 0.4) is 0 Å². The minimum atomic E-state index is -0.368. The molecule has 122 valence electrons. The molecule has 8 rings (SSSR count). The molecule has 8 bridgehead atoms. The molecule has 5 atom stereocenters. The van der Waals surface area contributed by atoms with Crippen molar-refractivity contribution in [3.8, 4) is 0 Å². The van der Waals surface area contributed by atoms with E-state index >= 15 is 0 Å². The van der Waals surface area contributed by atoms with E-state index in [4.69, 9.17) is 0 Å². The number of aliphatic hydroxyl groups excluding tert-OH is 1. The first-order chi connectivity index (χ1) is 10.5. The first kappa shape index (κ1) is 13.2. The van der Waals surface area contributed by atoms with Crippen molar-refractivity contribution in [3.05, 3.63) is 0 Å². The van der Waals surface area contributed by atoms with E-state index in [1.807, 2.05) is 0 Å². The summed E-state index contributed by atoms with van der Waals surface area (Å²) in [6.45, 7) is 0. The van der Waals surface area contributed by atoms with Gasteiger partial charge in [-0.05, 0) is 106 Å². The van der Waals surface area contributed by atoms with Gasteiger partial charge in [0.1, 0.15) is 0 Å². The monoisotopic (exact) mass is 302 g/mol. The van der Waals surface area contributed by atoms with E-state index in [0.717, 1.165) is 42.9 Å². The van der Waals surface area contributed by atoms with E-state index in [2.05, 4.69) is 0 Å². The molecule has 0 aromatic rings. The molecule has 2 nitrogen and oxygen atoms in total. The molecule has 8 aliphatic carbocycles. The van der Waals surface area contributed by atoms with E-state index in [0.29, 0.717) is 11.3 Å². The molecule has 8 aliphatic rings. The van der Waals surface area contributed by atoms with Gasteiger partial charge in [-0.15, -0.1) is 0 Å². The summed E-state index contributed by atoms with van der Waals surface area (Å²) in [6.07, 6.45) is 13.7. The van der Waals surface area contributed by atoms with Gasteiger partial charge in [-0.25, -0.2) is 0 Å². The van der Waals surface area contributed by atoms with Gasteiger partial charge in [0.25, 0.3) is 0 Å². The molecular formula is C20H30O2. The second-order valence-electron chi connectivity index (χ2n) is 10.7. The molecular weight excluding hydrogens is 272 g/mol. The van der Waals surface area contributed by atoms with Gasteiger partial charge in [0.2, 0.25) is 0 Å². The van der Waals surface area contributed by atoms with Crippen molar-refractivity contribution >= 4 is 0 Å². The first-order valence-electron chi connectivity index (χ1n) is 9.90. The largest absolute Gasteiger partial charge is 0.392 e. The Morgan fingerprint density at radius 2 is 1.27 bits per heavy atom.